The Morgan fingerprint density at radius 3 is 2.95 bits per heavy atom. The van der Waals surface area contributed by atoms with E-state index in [2.05, 4.69) is 15.0 Å². The van der Waals surface area contributed by atoms with Gasteiger partial charge in [0, 0.05) is 25.2 Å². The number of anilines is 1. The van der Waals surface area contributed by atoms with Crippen molar-refractivity contribution in [3.63, 3.8) is 0 Å². The van der Waals surface area contributed by atoms with Gasteiger partial charge in [-0.2, -0.15) is 0 Å². The third-order valence-corrected chi connectivity index (χ3v) is 2.55. The maximum absolute atomic E-state index is 10.9. The maximum atomic E-state index is 10.9. The molecule has 0 aliphatic carbocycles. The number of ether oxygens (including phenoxy) is 1. The Balaban J connectivity index is 2.21. The van der Waals surface area contributed by atoms with Crippen LogP contribution in [0.1, 0.15) is 25.7 Å². The van der Waals surface area contributed by atoms with Crippen molar-refractivity contribution in [2.45, 2.75) is 25.7 Å². The van der Waals surface area contributed by atoms with Crippen LogP contribution < -0.4 is 5.32 Å². The average molecular weight is 267 g/mol. The van der Waals surface area contributed by atoms with Gasteiger partial charge >= 0.3 is 5.97 Å². The maximum Gasteiger partial charge on any atom is 0.305 e. The van der Waals surface area contributed by atoms with E-state index in [4.69, 9.17) is 0 Å². The number of esters is 1. The Labute approximate surface area is 111 Å². The molecule has 0 saturated carbocycles. The molecule has 104 valence electrons. The van der Waals surface area contributed by atoms with E-state index in [1.165, 1.54) is 25.4 Å². The number of nitrogens with one attached hydrogen (secondary N) is 1. The summed E-state index contributed by atoms with van der Waals surface area (Å²) in [5, 5.41) is 13.6. The van der Waals surface area contributed by atoms with Crippen LogP contribution in [-0.2, 0) is 9.53 Å². The van der Waals surface area contributed by atoms with Crippen molar-refractivity contribution in [2.75, 3.05) is 19.0 Å². The number of pyridine rings is 1. The molecule has 0 unspecified atom stereocenters. The lowest BCUT2D eigenvalue weighted by molar-refractivity contribution is -0.384. The van der Waals surface area contributed by atoms with Gasteiger partial charge in [-0.25, -0.2) is 4.98 Å². The number of nitro groups is 1. The lowest BCUT2D eigenvalue weighted by Crippen LogP contribution is -2.04. The molecule has 7 heteroatoms. The molecule has 1 N–H and O–H groups in total. The molecule has 0 atom stereocenters. The Kier molecular flexibility index (Phi) is 6.28. The number of rotatable bonds is 8. The first-order valence-corrected chi connectivity index (χ1v) is 6.04. The SMILES string of the molecule is COC(=O)CCCCCNc1cc([N+](=O)[O-])ccn1. The topological polar surface area (TPSA) is 94.4 Å². The zero-order valence-corrected chi connectivity index (χ0v) is 10.8. The van der Waals surface area contributed by atoms with Crippen molar-refractivity contribution in [3.8, 4) is 0 Å². The summed E-state index contributed by atoms with van der Waals surface area (Å²) >= 11 is 0. The van der Waals surface area contributed by atoms with Gasteiger partial charge < -0.3 is 10.1 Å². The molecule has 0 spiro atoms. The molecule has 1 aromatic heterocycles. The summed E-state index contributed by atoms with van der Waals surface area (Å²) in [6.45, 7) is 0.662. The molecule has 0 amide bonds. The third-order valence-electron chi connectivity index (χ3n) is 2.55. The lowest BCUT2D eigenvalue weighted by atomic mass is 10.2. The van der Waals surface area contributed by atoms with Gasteiger partial charge in [0.25, 0.3) is 5.69 Å². The Bertz CT molecular complexity index is 437. The lowest BCUT2D eigenvalue weighted by Gasteiger charge is -2.04. The molecule has 0 bridgehead atoms. The van der Waals surface area contributed by atoms with Crippen molar-refractivity contribution in [3.05, 3.63) is 28.4 Å². The predicted octanol–water partition coefficient (Wildman–Crippen LogP) is 2.14. The Morgan fingerprint density at radius 1 is 1.47 bits per heavy atom. The minimum atomic E-state index is -0.455. The first-order chi connectivity index (χ1) is 9.13. The number of hydrogen-bond acceptors (Lipinski definition) is 6. The van der Waals surface area contributed by atoms with Crippen molar-refractivity contribution < 1.29 is 14.5 Å². The molecule has 0 aromatic carbocycles. The second-order valence-corrected chi connectivity index (χ2v) is 3.97. The van der Waals surface area contributed by atoms with E-state index in [1.807, 2.05) is 0 Å². The summed E-state index contributed by atoms with van der Waals surface area (Å²) in [4.78, 5) is 25.0. The summed E-state index contributed by atoms with van der Waals surface area (Å²) in [6.07, 6.45) is 4.35. The van der Waals surface area contributed by atoms with Gasteiger partial charge in [0.05, 0.1) is 18.1 Å². The molecule has 0 saturated heterocycles. The second-order valence-electron chi connectivity index (χ2n) is 3.97. The normalized spacial score (nSPS) is 9.95. The fraction of sp³-hybridized carbons (Fsp3) is 0.500. The van der Waals surface area contributed by atoms with Gasteiger partial charge in [0.2, 0.25) is 0 Å². The summed E-state index contributed by atoms with van der Waals surface area (Å²) in [6, 6.07) is 2.75. The number of hydrogen-bond donors (Lipinski definition) is 1. The van der Waals surface area contributed by atoms with Crippen molar-refractivity contribution in [2.24, 2.45) is 0 Å². The quantitative estimate of drug-likeness (QED) is 0.335. The van der Waals surface area contributed by atoms with Crippen LogP contribution in [0.3, 0.4) is 0 Å². The molecule has 19 heavy (non-hydrogen) atoms. The van der Waals surface area contributed by atoms with Crippen LogP contribution in [0.5, 0.6) is 0 Å². The van der Waals surface area contributed by atoms with Crippen LogP contribution in [0, 0.1) is 10.1 Å². The Hall–Kier alpha value is -2.18. The summed E-state index contributed by atoms with van der Waals surface area (Å²) in [5.41, 5.74) is 0.0168. The molecule has 0 aliphatic heterocycles. The minimum Gasteiger partial charge on any atom is -0.469 e. The van der Waals surface area contributed by atoms with E-state index in [0.29, 0.717) is 18.8 Å². The summed E-state index contributed by atoms with van der Waals surface area (Å²) < 4.78 is 4.53. The molecule has 1 heterocycles. The van der Waals surface area contributed by atoms with E-state index in [-0.39, 0.29) is 11.7 Å². The van der Waals surface area contributed by atoms with Crippen LogP contribution in [0.4, 0.5) is 11.5 Å². The molecular weight excluding hydrogens is 250 g/mol. The highest BCUT2D eigenvalue weighted by molar-refractivity contribution is 5.68. The third kappa shape index (κ3) is 5.80. The average Bonchev–Trinajstić information content (AvgIpc) is 2.42. The zero-order chi connectivity index (χ0) is 14.1. The molecule has 0 fully saturated rings. The highest BCUT2D eigenvalue weighted by atomic mass is 16.6. The van der Waals surface area contributed by atoms with Crippen molar-refractivity contribution in [1.29, 1.82) is 0 Å². The highest BCUT2D eigenvalue weighted by Gasteiger charge is 2.06. The Morgan fingerprint density at radius 2 is 2.26 bits per heavy atom. The predicted molar refractivity (Wildman–Crippen MR) is 69.9 cm³/mol. The van der Waals surface area contributed by atoms with Gasteiger partial charge in [-0.05, 0) is 12.8 Å². The largest absolute Gasteiger partial charge is 0.469 e. The van der Waals surface area contributed by atoms with E-state index in [9.17, 15) is 14.9 Å². The van der Waals surface area contributed by atoms with E-state index >= 15 is 0 Å². The standard InChI is InChI=1S/C12H17N3O4/c1-19-12(16)5-3-2-4-7-13-11-9-10(15(17)18)6-8-14-11/h6,8-9H,2-5,7H2,1H3,(H,13,14). The summed E-state index contributed by atoms with van der Waals surface area (Å²) in [5.74, 6) is 0.287. The van der Waals surface area contributed by atoms with E-state index < -0.39 is 4.92 Å². The molecule has 0 radical (unpaired) electrons. The van der Waals surface area contributed by atoms with Crippen molar-refractivity contribution in [1.82, 2.24) is 4.98 Å². The zero-order valence-electron chi connectivity index (χ0n) is 10.8. The monoisotopic (exact) mass is 267 g/mol. The van der Waals surface area contributed by atoms with Crippen LogP contribution in [0.25, 0.3) is 0 Å². The van der Waals surface area contributed by atoms with Crippen LogP contribution in [0.2, 0.25) is 0 Å². The van der Waals surface area contributed by atoms with Gasteiger partial charge in [0.1, 0.15) is 5.82 Å². The molecular formula is C12H17N3O4. The van der Waals surface area contributed by atoms with E-state index in [0.717, 1.165) is 19.3 Å². The van der Waals surface area contributed by atoms with E-state index in [1.54, 1.807) is 0 Å². The summed E-state index contributed by atoms with van der Waals surface area (Å²) in [7, 11) is 1.37. The molecule has 1 rings (SSSR count). The molecule has 1 aromatic rings. The smallest absolute Gasteiger partial charge is 0.305 e. The second kappa shape index (κ2) is 8.02. The minimum absolute atomic E-state index is 0.0168. The van der Waals surface area contributed by atoms with Crippen LogP contribution in [0.15, 0.2) is 18.3 Å². The molecule has 0 aliphatic rings. The number of carbonyl (C=O) groups is 1. The highest BCUT2D eigenvalue weighted by Crippen LogP contribution is 2.14. The number of nitrogens with zero attached hydrogens (tertiary/aromatic N) is 2. The first-order valence-electron chi connectivity index (χ1n) is 6.04. The number of carbonyl (C=O) groups excluding carboxylic acids is 1. The van der Waals surface area contributed by atoms with Gasteiger partial charge in [-0.1, -0.05) is 6.42 Å². The number of methoxy groups -OCH3 is 1. The van der Waals surface area contributed by atoms with Gasteiger partial charge in [-0.15, -0.1) is 0 Å². The van der Waals surface area contributed by atoms with Crippen LogP contribution in [-0.4, -0.2) is 29.5 Å². The fourth-order valence-electron chi connectivity index (χ4n) is 1.52. The number of unbranched alkanes of at least 4 members (excludes halogenated alkanes) is 2. The fourth-order valence-corrected chi connectivity index (χ4v) is 1.52. The van der Waals surface area contributed by atoms with Crippen molar-refractivity contribution >= 4 is 17.5 Å². The van der Waals surface area contributed by atoms with Gasteiger partial charge in [0.15, 0.2) is 0 Å². The van der Waals surface area contributed by atoms with Crippen LogP contribution >= 0.6 is 0 Å². The first kappa shape index (κ1) is 14.9. The molecule has 7 nitrogen and oxygen atoms in total. The number of aromatic nitrogens is 1. The van der Waals surface area contributed by atoms with Gasteiger partial charge in [-0.3, -0.25) is 14.9 Å².